The van der Waals surface area contributed by atoms with E-state index in [0.29, 0.717) is 11.6 Å². The van der Waals surface area contributed by atoms with Crippen molar-refractivity contribution in [3.63, 3.8) is 0 Å². The number of alkyl carbamates (subject to hydrolysis) is 1. The highest BCUT2D eigenvalue weighted by Crippen LogP contribution is 2.28. The van der Waals surface area contributed by atoms with Crippen molar-refractivity contribution < 1.29 is 9.53 Å². The SMILES string of the molecule is O=C1NC(c2ccc(Br)cc2Cl)CO1. The maximum Gasteiger partial charge on any atom is 0.407 e. The minimum Gasteiger partial charge on any atom is -0.447 e. The van der Waals surface area contributed by atoms with Crippen molar-refractivity contribution in [2.45, 2.75) is 6.04 Å². The highest BCUT2D eigenvalue weighted by Gasteiger charge is 2.25. The summed E-state index contributed by atoms with van der Waals surface area (Å²) in [4.78, 5) is 10.8. The van der Waals surface area contributed by atoms with Crippen molar-refractivity contribution in [2.24, 2.45) is 0 Å². The molecule has 1 N–H and O–H groups in total. The van der Waals surface area contributed by atoms with Crippen LogP contribution in [0.1, 0.15) is 11.6 Å². The molecule has 3 nitrogen and oxygen atoms in total. The van der Waals surface area contributed by atoms with Gasteiger partial charge in [0.1, 0.15) is 6.61 Å². The molecule has 0 aliphatic carbocycles. The lowest BCUT2D eigenvalue weighted by molar-refractivity contribution is 0.177. The lowest BCUT2D eigenvalue weighted by Gasteiger charge is -2.09. The van der Waals surface area contributed by atoms with Crippen molar-refractivity contribution >= 4 is 33.6 Å². The summed E-state index contributed by atoms with van der Waals surface area (Å²) in [6.07, 6.45) is -0.394. The summed E-state index contributed by atoms with van der Waals surface area (Å²) < 4.78 is 5.70. The molecular weight excluding hydrogens is 269 g/mol. The Balaban J connectivity index is 2.28. The fourth-order valence-electron chi connectivity index (χ4n) is 1.34. The minimum absolute atomic E-state index is 0.136. The zero-order valence-corrected chi connectivity index (χ0v) is 9.43. The van der Waals surface area contributed by atoms with Crippen molar-refractivity contribution in [3.05, 3.63) is 33.3 Å². The van der Waals surface area contributed by atoms with Crippen LogP contribution in [0.15, 0.2) is 22.7 Å². The maximum atomic E-state index is 10.8. The summed E-state index contributed by atoms with van der Waals surface area (Å²) in [5.74, 6) is 0. The second kappa shape index (κ2) is 3.79. The number of halogens is 2. The third kappa shape index (κ3) is 1.86. The van der Waals surface area contributed by atoms with Gasteiger partial charge >= 0.3 is 6.09 Å². The van der Waals surface area contributed by atoms with Gasteiger partial charge in [-0.05, 0) is 17.7 Å². The number of rotatable bonds is 1. The largest absolute Gasteiger partial charge is 0.447 e. The fraction of sp³-hybridized carbons (Fsp3) is 0.222. The second-order valence-electron chi connectivity index (χ2n) is 2.96. The molecule has 1 fully saturated rings. The number of ether oxygens (including phenoxy) is 1. The molecule has 74 valence electrons. The number of cyclic esters (lactones) is 1. The van der Waals surface area contributed by atoms with Gasteiger partial charge in [0, 0.05) is 9.50 Å². The zero-order chi connectivity index (χ0) is 10.1. The molecule has 0 bridgehead atoms. The fourth-order valence-corrected chi connectivity index (χ4v) is 2.14. The molecule has 5 heteroatoms. The van der Waals surface area contributed by atoms with Crippen LogP contribution in [0.5, 0.6) is 0 Å². The summed E-state index contributed by atoms with van der Waals surface area (Å²) in [5.41, 5.74) is 0.876. The van der Waals surface area contributed by atoms with Crippen LogP contribution in [-0.4, -0.2) is 12.7 Å². The summed E-state index contributed by atoms with van der Waals surface area (Å²) in [7, 11) is 0. The molecule has 14 heavy (non-hydrogen) atoms. The summed E-state index contributed by atoms with van der Waals surface area (Å²) in [5, 5.41) is 3.29. The number of amides is 1. The molecule has 1 aromatic carbocycles. The Kier molecular flexibility index (Phi) is 2.65. The highest BCUT2D eigenvalue weighted by molar-refractivity contribution is 9.10. The molecule has 0 aromatic heterocycles. The lowest BCUT2D eigenvalue weighted by Crippen LogP contribution is -2.18. The quantitative estimate of drug-likeness (QED) is 0.856. The third-order valence-corrected chi connectivity index (χ3v) is 2.83. The van der Waals surface area contributed by atoms with E-state index in [2.05, 4.69) is 21.2 Å². The molecule has 1 heterocycles. The Bertz CT molecular complexity index is 383. The van der Waals surface area contributed by atoms with Gasteiger partial charge in [0.2, 0.25) is 0 Å². The molecule has 1 aromatic rings. The van der Waals surface area contributed by atoms with E-state index in [-0.39, 0.29) is 6.04 Å². The number of hydrogen-bond acceptors (Lipinski definition) is 2. The summed E-state index contributed by atoms with van der Waals surface area (Å²) >= 11 is 9.33. The first-order valence-electron chi connectivity index (χ1n) is 4.05. The minimum atomic E-state index is -0.394. The number of carbonyl (C=O) groups is 1. The smallest absolute Gasteiger partial charge is 0.407 e. The van der Waals surface area contributed by atoms with Gasteiger partial charge in [-0.2, -0.15) is 0 Å². The Morgan fingerprint density at radius 2 is 2.36 bits per heavy atom. The van der Waals surface area contributed by atoms with Crippen molar-refractivity contribution in [1.29, 1.82) is 0 Å². The predicted octanol–water partition coefficient (Wildman–Crippen LogP) is 2.88. The van der Waals surface area contributed by atoms with Gasteiger partial charge < -0.3 is 10.1 Å². The zero-order valence-electron chi connectivity index (χ0n) is 7.09. The van der Waals surface area contributed by atoms with Gasteiger partial charge in [-0.1, -0.05) is 33.6 Å². The van der Waals surface area contributed by atoms with E-state index in [1.54, 1.807) is 6.07 Å². The molecule has 2 rings (SSSR count). The standard InChI is InChI=1S/C9H7BrClNO2/c10-5-1-2-6(7(11)3-5)8-4-14-9(13)12-8/h1-3,8H,4H2,(H,12,13). The maximum absolute atomic E-state index is 10.8. The van der Waals surface area contributed by atoms with Gasteiger partial charge in [-0.25, -0.2) is 4.79 Å². The summed E-state index contributed by atoms with van der Waals surface area (Å²) in [6, 6.07) is 5.40. The van der Waals surface area contributed by atoms with E-state index in [1.165, 1.54) is 0 Å². The Labute approximate surface area is 94.5 Å². The lowest BCUT2D eigenvalue weighted by atomic mass is 10.1. The Hall–Kier alpha value is -0.740. The molecule has 1 aliphatic heterocycles. The van der Waals surface area contributed by atoms with Crippen LogP contribution in [0.2, 0.25) is 5.02 Å². The molecule has 1 saturated heterocycles. The van der Waals surface area contributed by atoms with Crippen LogP contribution < -0.4 is 5.32 Å². The van der Waals surface area contributed by atoms with Gasteiger partial charge in [-0.15, -0.1) is 0 Å². The van der Waals surface area contributed by atoms with E-state index in [0.717, 1.165) is 10.0 Å². The van der Waals surface area contributed by atoms with Gasteiger partial charge in [0.15, 0.2) is 0 Å². The predicted molar refractivity (Wildman–Crippen MR) is 56.4 cm³/mol. The average molecular weight is 277 g/mol. The average Bonchev–Trinajstić information content (AvgIpc) is 2.51. The van der Waals surface area contributed by atoms with Crippen LogP contribution >= 0.6 is 27.5 Å². The first-order valence-corrected chi connectivity index (χ1v) is 5.22. The van der Waals surface area contributed by atoms with Crippen LogP contribution in [0.25, 0.3) is 0 Å². The van der Waals surface area contributed by atoms with Gasteiger partial charge in [-0.3, -0.25) is 0 Å². The van der Waals surface area contributed by atoms with E-state index in [4.69, 9.17) is 16.3 Å². The third-order valence-electron chi connectivity index (χ3n) is 2.01. The first-order chi connectivity index (χ1) is 6.66. The van der Waals surface area contributed by atoms with Crippen LogP contribution in [0.3, 0.4) is 0 Å². The molecule has 0 spiro atoms. The molecule has 1 atom stereocenters. The van der Waals surface area contributed by atoms with E-state index in [1.807, 2.05) is 12.1 Å². The Morgan fingerprint density at radius 1 is 1.57 bits per heavy atom. The topological polar surface area (TPSA) is 38.3 Å². The number of carbonyl (C=O) groups excluding carboxylic acids is 1. The van der Waals surface area contributed by atoms with Crippen LogP contribution in [0, 0.1) is 0 Å². The number of hydrogen-bond donors (Lipinski definition) is 1. The molecule has 0 saturated carbocycles. The monoisotopic (exact) mass is 275 g/mol. The van der Waals surface area contributed by atoms with Crippen molar-refractivity contribution in [3.8, 4) is 0 Å². The van der Waals surface area contributed by atoms with Gasteiger partial charge in [0.05, 0.1) is 6.04 Å². The van der Waals surface area contributed by atoms with Crippen LogP contribution in [0.4, 0.5) is 4.79 Å². The van der Waals surface area contributed by atoms with Crippen molar-refractivity contribution in [1.82, 2.24) is 5.32 Å². The Morgan fingerprint density at radius 3 is 2.93 bits per heavy atom. The first kappa shape index (κ1) is 9.80. The normalized spacial score (nSPS) is 20.4. The van der Waals surface area contributed by atoms with E-state index < -0.39 is 6.09 Å². The molecule has 1 aliphatic rings. The summed E-state index contributed by atoms with van der Waals surface area (Å²) in [6.45, 7) is 0.334. The van der Waals surface area contributed by atoms with Crippen molar-refractivity contribution in [2.75, 3.05) is 6.61 Å². The molecule has 1 unspecified atom stereocenters. The molecular formula is C9H7BrClNO2. The van der Waals surface area contributed by atoms with Crippen LogP contribution in [-0.2, 0) is 4.74 Å². The number of nitrogens with one attached hydrogen (secondary N) is 1. The van der Waals surface area contributed by atoms with E-state index >= 15 is 0 Å². The second-order valence-corrected chi connectivity index (χ2v) is 4.28. The molecule has 0 radical (unpaired) electrons. The highest BCUT2D eigenvalue weighted by atomic mass is 79.9. The number of benzene rings is 1. The van der Waals surface area contributed by atoms with Gasteiger partial charge in [0.25, 0.3) is 0 Å². The van der Waals surface area contributed by atoms with E-state index in [9.17, 15) is 4.79 Å². The molecule has 1 amide bonds.